The maximum Gasteiger partial charge on any atom is 0.230 e. The molecule has 1 atom stereocenters. The van der Waals surface area contributed by atoms with Crippen molar-refractivity contribution in [3.63, 3.8) is 0 Å². The fraction of sp³-hybridized carbons (Fsp3) is 0.188. The normalized spacial score (nSPS) is 12.0. The van der Waals surface area contributed by atoms with Gasteiger partial charge in [-0.15, -0.1) is 11.8 Å². The number of nitrogens with one attached hydrogen (secondary N) is 1. The van der Waals surface area contributed by atoms with Gasteiger partial charge in [0.1, 0.15) is 11.6 Å². The van der Waals surface area contributed by atoms with Gasteiger partial charge in [-0.2, -0.15) is 0 Å². The zero-order valence-electron chi connectivity index (χ0n) is 12.1. The molecule has 122 valence electrons. The molecule has 7 heteroatoms. The fourth-order valence-corrected chi connectivity index (χ4v) is 2.66. The van der Waals surface area contributed by atoms with Crippen molar-refractivity contribution in [1.82, 2.24) is 5.32 Å². The van der Waals surface area contributed by atoms with Crippen LogP contribution < -0.4 is 5.32 Å². The van der Waals surface area contributed by atoms with Crippen molar-refractivity contribution in [1.29, 1.82) is 0 Å². The van der Waals surface area contributed by atoms with Crippen molar-refractivity contribution in [2.75, 3.05) is 5.75 Å². The van der Waals surface area contributed by atoms with Gasteiger partial charge in [-0.05, 0) is 31.2 Å². The summed E-state index contributed by atoms with van der Waals surface area (Å²) in [7, 11) is 0. The Balaban J connectivity index is 1.92. The van der Waals surface area contributed by atoms with Gasteiger partial charge in [0, 0.05) is 16.5 Å². The molecule has 0 saturated heterocycles. The first kappa shape index (κ1) is 17.3. The number of carbonyl (C=O) groups excluding carboxylic acids is 1. The Morgan fingerprint density at radius 2 is 1.78 bits per heavy atom. The second kappa shape index (κ2) is 7.50. The Morgan fingerprint density at radius 1 is 1.04 bits per heavy atom. The van der Waals surface area contributed by atoms with Gasteiger partial charge >= 0.3 is 0 Å². The van der Waals surface area contributed by atoms with Crippen molar-refractivity contribution >= 4 is 17.7 Å². The van der Waals surface area contributed by atoms with E-state index in [4.69, 9.17) is 0 Å². The maximum absolute atomic E-state index is 13.6. The van der Waals surface area contributed by atoms with E-state index in [9.17, 15) is 22.4 Å². The lowest BCUT2D eigenvalue weighted by molar-refractivity contribution is -0.119. The monoisotopic (exact) mass is 343 g/mol. The topological polar surface area (TPSA) is 29.1 Å². The molecule has 0 aromatic heterocycles. The highest BCUT2D eigenvalue weighted by molar-refractivity contribution is 8.00. The van der Waals surface area contributed by atoms with E-state index in [0.717, 1.165) is 36.0 Å². The van der Waals surface area contributed by atoms with Gasteiger partial charge in [0.15, 0.2) is 11.6 Å². The highest BCUT2D eigenvalue weighted by atomic mass is 32.2. The number of rotatable bonds is 5. The second-order valence-electron chi connectivity index (χ2n) is 4.82. The summed E-state index contributed by atoms with van der Waals surface area (Å²) in [6, 6.07) is 5.80. The van der Waals surface area contributed by atoms with Crippen LogP contribution in [0.2, 0.25) is 0 Å². The smallest absolute Gasteiger partial charge is 0.230 e. The number of carbonyl (C=O) groups is 1. The van der Waals surface area contributed by atoms with Gasteiger partial charge in [-0.25, -0.2) is 17.6 Å². The van der Waals surface area contributed by atoms with Crippen LogP contribution in [0.4, 0.5) is 17.6 Å². The number of thioether (sulfide) groups is 1. The van der Waals surface area contributed by atoms with Crippen LogP contribution in [0.1, 0.15) is 18.5 Å². The van der Waals surface area contributed by atoms with Crippen LogP contribution >= 0.6 is 11.8 Å². The number of halogens is 4. The van der Waals surface area contributed by atoms with E-state index in [1.54, 1.807) is 6.92 Å². The number of benzene rings is 2. The summed E-state index contributed by atoms with van der Waals surface area (Å²) >= 11 is 1.02. The molecule has 0 saturated carbocycles. The average molecular weight is 343 g/mol. The van der Waals surface area contributed by atoms with Crippen LogP contribution in [-0.4, -0.2) is 11.7 Å². The van der Waals surface area contributed by atoms with Crippen molar-refractivity contribution in [3.05, 3.63) is 65.2 Å². The van der Waals surface area contributed by atoms with Gasteiger partial charge in [-0.1, -0.05) is 6.07 Å². The summed E-state index contributed by atoms with van der Waals surface area (Å²) in [5, 5.41) is 2.56. The molecular formula is C16H13F4NOS. The minimum Gasteiger partial charge on any atom is -0.349 e. The van der Waals surface area contributed by atoms with Crippen molar-refractivity contribution in [3.8, 4) is 0 Å². The van der Waals surface area contributed by atoms with Crippen molar-refractivity contribution < 1.29 is 22.4 Å². The predicted octanol–water partition coefficient (Wildman–Crippen LogP) is 4.21. The summed E-state index contributed by atoms with van der Waals surface area (Å²) in [5.41, 5.74) is 0.164. The van der Waals surface area contributed by atoms with E-state index < -0.39 is 35.2 Å². The van der Waals surface area contributed by atoms with Crippen molar-refractivity contribution in [2.45, 2.75) is 17.9 Å². The summed E-state index contributed by atoms with van der Waals surface area (Å²) in [6.07, 6.45) is 0. The van der Waals surface area contributed by atoms with Crippen LogP contribution in [0.15, 0.2) is 41.3 Å². The zero-order chi connectivity index (χ0) is 17.0. The first-order chi connectivity index (χ1) is 10.9. The molecule has 0 radical (unpaired) electrons. The SMILES string of the molecule is C[C@@H](NC(=O)CSc1ccc(F)c(F)c1)c1ccc(F)cc1F. The van der Waals surface area contributed by atoms with Crippen LogP contribution in [0.3, 0.4) is 0 Å². The quantitative estimate of drug-likeness (QED) is 0.651. The second-order valence-corrected chi connectivity index (χ2v) is 5.87. The molecule has 2 aromatic rings. The van der Waals surface area contributed by atoms with Gasteiger partial charge in [-0.3, -0.25) is 4.79 Å². The van der Waals surface area contributed by atoms with Crippen LogP contribution in [0, 0.1) is 23.3 Å². The molecule has 0 unspecified atom stereocenters. The molecule has 0 fully saturated rings. The Kier molecular flexibility index (Phi) is 5.65. The molecule has 0 aliphatic heterocycles. The molecule has 0 aliphatic carbocycles. The van der Waals surface area contributed by atoms with Gasteiger partial charge in [0.2, 0.25) is 5.91 Å². The molecule has 23 heavy (non-hydrogen) atoms. The van der Waals surface area contributed by atoms with E-state index in [2.05, 4.69) is 5.32 Å². The third-order valence-corrected chi connectivity index (χ3v) is 4.06. The summed E-state index contributed by atoms with van der Waals surface area (Å²) < 4.78 is 52.3. The molecule has 0 bridgehead atoms. The lowest BCUT2D eigenvalue weighted by Crippen LogP contribution is -2.28. The highest BCUT2D eigenvalue weighted by Crippen LogP contribution is 2.21. The van der Waals surface area contributed by atoms with Crippen LogP contribution in [0.25, 0.3) is 0 Å². The number of hydrogen-bond donors (Lipinski definition) is 1. The zero-order valence-corrected chi connectivity index (χ0v) is 12.9. The van der Waals surface area contributed by atoms with Gasteiger partial charge in [0.25, 0.3) is 0 Å². The molecule has 1 N–H and O–H groups in total. The number of hydrogen-bond acceptors (Lipinski definition) is 2. The highest BCUT2D eigenvalue weighted by Gasteiger charge is 2.14. The number of amides is 1. The van der Waals surface area contributed by atoms with Gasteiger partial charge in [0.05, 0.1) is 11.8 Å². The van der Waals surface area contributed by atoms with E-state index in [-0.39, 0.29) is 11.3 Å². The first-order valence-electron chi connectivity index (χ1n) is 6.69. The fourth-order valence-electron chi connectivity index (χ4n) is 1.93. The lowest BCUT2D eigenvalue weighted by atomic mass is 10.1. The molecule has 2 aromatic carbocycles. The molecule has 1 amide bonds. The third kappa shape index (κ3) is 4.72. The lowest BCUT2D eigenvalue weighted by Gasteiger charge is -2.15. The first-order valence-corrected chi connectivity index (χ1v) is 7.67. The average Bonchev–Trinajstić information content (AvgIpc) is 2.48. The molecular weight excluding hydrogens is 330 g/mol. The molecule has 0 heterocycles. The Bertz CT molecular complexity index is 723. The minimum atomic E-state index is -0.989. The molecule has 0 spiro atoms. The van der Waals surface area contributed by atoms with E-state index in [0.29, 0.717) is 4.90 Å². The Labute approximate surface area is 134 Å². The standard InChI is InChI=1S/C16H13F4NOS/c1-9(12-4-2-10(17)6-14(12)19)21-16(22)8-23-11-3-5-13(18)15(20)7-11/h2-7,9H,8H2,1H3,(H,21,22)/t9-/m1/s1. The van der Waals surface area contributed by atoms with E-state index in [1.807, 2.05) is 0 Å². The molecule has 0 aliphatic rings. The van der Waals surface area contributed by atoms with Crippen LogP contribution in [-0.2, 0) is 4.79 Å². The largest absolute Gasteiger partial charge is 0.349 e. The predicted molar refractivity (Wildman–Crippen MR) is 80.0 cm³/mol. The maximum atomic E-state index is 13.6. The minimum absolute atomic E-state index is 0.0434. The van der Waals surface area contributed by atoms with E-state index >= 15 is 0 Å². The van der Waals surface area contributed by atoms with Gasteiger partial charge < -0.3 is 5.32 Å². The van der Waals surface area contributed by atoms with Crippen molar-refractivity contribution in [2.24, 2.45) is 0 Å². The molecule has 2 nitrogen and oxygen atoms in total. The summed E-state index contributed by atoms with van der Waals surface area (Å²) in [6.45, 7) is 1.57. The summed E-state index contributed by atoms with van der Waals surface area (Å²) in [4.78, 5) is 12.2. The molecule has 2 rings (SSSR count). The Hall–Kier alpha value is -2.02. The Morgan fingerprint density at radius 3 is 2.43 bits per heavy atom. The third-order valence-electron chi connectivity index (χ3n) is 3.07. The van der Waals surface area contributed by atoms with Crippen LogP contribution in [0.5, 0.6) is 0 Å². The van der Waals surface area contributed by atoms with E-state index in [1.165, 1.54) is 12.1 Å². The summed E-state index contributed by atoms with van der Waals surface area (Å²) in [5.74, 6) is -3.84.